The van der Waals surface area contributed by atoms with Gasteiger partial charge in [-0.05, 0) is 37.3 Å². The van der Waals surface area contributed by atoms with Gasteiger partial charge in [-0.2, -0.15) is 0 Å². The van der Waals surface area contributed by atoms with Crippen LogP contribution in [0.2, 0.25) is 5.02 Å². The van der Waals surface area contributed by atoms with E-state index in [1.807, 2.05) is 4.90 Å². The third-order valence-corrected chi connectivity index (χ3v) is 4.54. The third-order valence-electron chi connectivity index (χ3n) is 4.12. The lowest BCUT2D eigenvalue weighted by molar-refractivity contribution is 0.0456. The van der Waals surface area contributed by atoms with Crippen LogP contribution in [-0.2, 0) is 0 Å². The van der Waals surface area contributed by atoms with Crippen molar-refractivity contribution in [1.29, 1.82) is 0 Å². The van der Waals surface area contributed by atoms with E-state index in [9.17, 15) is 4.79 Å². The van der Waals surface area contributed by atoms with Crippen molar-refractivity contribution in [3.05, 3.63) is 28.8 Å². The molecule has 19 heavy (non-hydrogen) atoms. The fraction of sp³-hybridized carbons (Fsp3) is 0.533. The van der Waals surface area contributed by atoms with E-state index < -0.39 is 0 Å². The maximum absolute atomic E-state index is 12.7. The molecule has 1 saturated heterocycles. The van der Waals surface area contributed by atoms with Gasteiger partial charge in [-0.15, -0.1) is 0 Å². The number of rotatable bonds is 1. The molecular formula is C15H21ClN2O. The van der Waals surface area contributed by atoms with E-state index in [0.717, 1.165) is 13.0 Å². The van der Waals surface area contributed by atoms with Gasteiger partial charge < -0.3 is 10.6 Å². The fourth-order valence-electron chi connectivity index (χ4n) is 2.85. The number of hydrogen-bond acceptors (Lipinski definition) is 2. The molecule has 1 aromatic rings. The van der Waals surface area contributed by atoms with Gasteiger partial charge in [-0.25, -0.2) is 0 Å². The molecule has 1 heterocycles. The number of hydrogen-bond donors (Lipinski definition) is 1. The van der Waals surface area contributed by atoms with Crippen molar-refractivity contribution < 1.29 is 4.79 Å². The monoisotopic (exact) mass is 280 g/mol. The molecular weight excluding hydrogens is 260 g/mol. The minimum absolute atomic E-state index is 0.0109. The molecule has 0 aliphatic carbocycles. The highest BCUT2D eigenvalue weighted by Crippen LogP contribution is 2.31. The molecule has 0 radical (unpaired) electrons. The lowest BCUT2D eigenvalue weighted by Crippen LogP contribution is -2.48. The Morgan fingerprint density at radius 3 is 2.74 bits per heavy atom. The Hall–Kier alpha value is -1.22. The summed E-state index contributed by atoms with van der Waals surface area (Å²) in [6.45, 7) is 7.27. The van der Waals surface area contributed by atoms with Crippen molar-refractivity contribution in [2.75, 3.05) is 12.3 Å². The number of carbonyl (C=O) groups excluding carboxylic acids is 1. The second-order valence-corrected chi connectivity index (χ2v) is 6.10. The molecule has 2 N–H and O–H groups in total. The number of carbonyl (C=O) groups is 1. The standard InChI is InChI=1S/C15H21ClN2O/c1-9-7-10(2)11(3)18(8-9)15(19)12-5-4-6-13(17)14(12)16/h4-6,9-11H,7-8,17H2,1-3H3. The summed E-state index contributed by atoms with van der Waals surface area (Å²) in [5.41, 5.74) is 6.74. The third kappa shape index (κ3) is 2.71. The van der Waals surface area contributed by atoms with Gasteiger partial charge in [0.1, 0.15) is 0 Å². The Kier molecular flexibility index (Phi) is 4.04. The number of nitrogens with zero attached hydrogens (tertiary/aromatic N) is 1. The zero-order valence-electron chi connectivity index (χ0n) is 11.7. The lowest BCUT2D eigenvalue weighted by atomic mass is 9.85. The summed E-state index contributed by atoms with van der Waals surface area (Å²) < 4.78 is 0. The molecule has 0 spiro atoms. The highest BCUT2D eigenvalue weighted by atomic mass is 35.5. The summed E-state index contributed by atoms with van der Waals surface area (Å²) in [4.78, 5) is 14.6. The predicted octanol–water partition coefficient (Wildman–Crippen LogP) is 3.43. The molecule has 1 fully saturated rings. The first-order valence-corrected chi connectivity index (χ1v) is 7.14. The van der Waals surface area contributed by atoms with E-state index in [1.54, 1.807) is 18.2 Å². The van der Waals surface area contributed by atoms with Crippen molar-refractivity contribution in [2.24, 2.45) is 11.8 Å². The Morgan fingerprint density at radius 1 is 1.37 bits per heavy atom. The van der Waals surface area contributed by atoms with Crippen LogP contribution < -0.4 is 5.73 Å². The number of piperidine rings is 1. The second-order valence-electron chi connectivity index (χ2n) is 5.73. The topological polar surface area (TPSA) is 46.3 Å². The molecule has 1 amide bonds. The van der Waals surface area contributed by atoms with E-state index in [2.05, 4.69) is 20.8 Å². The maximum atomic E-state index is 12.7. The smallest absolute Gasteiger partial charge is 0.255 e. The molecule has 1 aliphatic heterocycles. The van der Waals surface area contributed by atoms with E-state index in [1.165, 1.54) is 0 Å². The van der Waals surface area contributed by atoms with Gasteiger partial charge in [-0.1, -0.05) is 31.5 Å². The number of nitrogen functional groups attached to an aromatic ring is 1. The Labute approximate surface area is 119 Å². The first kappa shape index (κ1) is 14.2. The van der Waals surface area contributed by atoms with Gasteiger partial charge >= 0.3 is 0 Å². The van der Waals surface area contributed by atoms with Gasteiger partial charge in [0.2, 0.25) is 0 Å². The first-order chi connectivity index (χ1) is 8.91. The minimum Gasteiger partial charge on any atom is -0.398 e. The Balaban J connectivity index is 2.30. The normalized spacial score (nSPS) is 27.4. The molecule has 3 nitrogen and oxygen atoms in total. The van der Waals surface area contributed by atoms with Crippen molar-refractivity contribution in [3.63, 3.8) is 0 Å². The quantitative estimate of drug-likeness (QED) is 0.801. The summed E-state index contributed by atoms with van der Waals surface area (Å²) in [5.74, 6) is 1.02. The average Bonchev–Trinajstić information content (AvgIpc) is 2.36. The van der Waals surface area contributed by atoms with Crippen molar-refractivity contribution in [3.8, 4) is 0 Å². The van der Waals surface area contributed by atoms with Crippen molar-refractivity contribution in [2.45, 2.75) is 33.2 Å². The molecule has 1 aliphatic rings. The maximum Gasteiger partial charge on any atom is 0.255 e. The van der Waals surface area contributed by atoms with Crippen LogP contribution in [0.1, 0.15) is 37.6 Å². The summed E-state index contributed by atoms with van der Waals surface area (Å²) in [6, 6.07) is 5.47. The van der Waals surface area contributed by atoms with Gasteiger partial charge in [0.25, 0.3) is 5.91 Å². The van der Waals surface area contributed by atoms with Crippen LogP contribution in [0.4, 0.5) is 5.69 Å². The van der Waals surface area contributed by atoms with Gasteiger partial charge in [0, 0.05) is 12.6 Å². The van der Waals surface area contributed by atoms with Crippen LogP contribution in [0.3, 0.4) is 0 Å². The Bertz CT molecular complexity index is 489. The summed E-state index contributed by atoms with van der Waals surface area (Å²) in [7, 11) is 0. The summed E-state index contributed by atoms with van der Waals surface area (Å²) >= 11 is 6.16. The molecule has 0 bridgehead atoms. The van der Waals surface area contributed by atoms with E-state index >= 15 is 0 Å². The molecule has 3 unspecified atom stereocenters. The van der Waals surface area contributed by atoms with E-state index in [0.29, 0.717) is 28.1 Å². The first-order valence-electron chi connectivity index (χ1n) is 6.76. The number of likely N-dealkylation sites (tertiary alicyclic amines) is 1. The fourth-order valence-corrected chi connectivity index (χ4v) is 3.06. The molecule has 2 rings (SSSR count). The molecule has 4 heteroatoms. The van der Waals surface area contributed by atoms with Crippen molar-refractivity contribution in [1.82, 2.24) is 4.90 Å². The van der Waals surface area contributed by atoms with Crippen LogP contribution in [0.15, 0.2) is 18.2 Å². The molecule has 0 aromatic heterocycles. The van der Waals surface area contributed by atoms with E-state index in [-0.39, 0.29) is 11.9 Å². The number of halogens is 1. The number of anilines is 1. The highest BCUT2D eigenvalue weighted by Gasteiger charge is 2.33. The summed E-state index contributed by atoms with van der Waals surface area (Å²) in [5, 5.41) is 0.366. The lowest BCUT2D eigenvalue weighted by Gasteiger charge is -2.41. The second kappa shape index (κ2) is 5.41. The zero-order valence-corrected chi connectivity index (χ0v) is 12.4. The predicted molar refractivity (Wildman–Crippen MR) is 79.3 cm³/mol. The van der Waals surface area contributed by atoms with Gasteiger partial charge in [0.05, 0.1) is 16.3 Å². The van der Waals surface area contributed by atoms with Crippen LogP contribution in [0.25, 0.3) is 0 Å². The van der Waals surface area contributed by atoms with Gasteiger partial charge in [0.15, 0.2) is 0 Å². The molecule has 1 aromatic carbocycles. The Morgan fingerprint density at radius 2 is 2.05 bits per heavy atom. The average molecular weight is 281 g/mol. The minimum atomic E-state index is -0.0109. The SMILES string of the molecule is CC1CC(C)C(C)N(C(=O)c2cccc(N)c2Cl)C1. The van der Waals surface area contributed by atoms with Gasteiger partial charge in [-0.3, -0.25) is 4.79 Å². The molecule has 0 saturated carbocycles. The van der Waals surface area contributed by atoms with Crippen LogP contribution in [-0.4, -0.2) is 23.4 Å². The van der Waals surface area contributed by atoms with Crippen LogP contribution >= 0.6 is 11.6 Å². The zero-order chi connectivity index (χ0) is 14.2. The molecule has 3 atom stereocenters. The number of nitrogens with two attached hydrogens (primary N) is 1. The number of amides is 1. The summed E-state index contributed by atoms with van der Waals surface area (Å²) in [6.07, 6.45) is 1.16. The van der Waals surface area contributed by atoms with Crippen LogP contribution in [0.5, 0.6) is 0 Å². The largest absolute Gasteiger partial charge is 0.398 e. The molecule has 104 valence electrons. The highest BCUT2D eigenvalue weighted by molar-refractivity contribution is 6.36. The van der Waals surface area contributed by atoms with Crippen LogP contribution in [0, 0.1) is 11.8 Å². The van der Waals surface area contributed by atoms with E-state index in [4.69, 9.17) is 17.3 Å². The number of benzene rings is 1. The van der Waals surface area contributed by atoms with Crippen molar-refractivity contribution >= 4 is 23.2 Å².